The van der Waals surface area contributed by atoms with Crippen molar-refractivity contribution in [2.75, 3.05) is 19.0 Å². The minimum Gasteiger partial charge on any atom is -0.377 e. The summed E-state index contributed by atoms with van der Waals surface area (Å²) in [7, 11) is 3.60. The van der Waals surface area contributed by atoms with E-state index in [1.807, 2.05) is 0 Å². The van der Waals surface area contributed by atoms with E-state index < -0.39 is 11.7 Å². The Morgan fingerprint density at radius 2 is 1.83 bits per heavy atom. The molecule has 0 amide bonds. The highest BCUT2D eigenvalue weighted by Crippen LogP contribution is 2.36. The highest BCUT2D eigenvalue weighted by molar-refractivity contribution is 5.94. The third kappa shape index (κ3) is 2.12. The van der Waals surface area contributed by atoms with Gasteiger partial charge >= 0.3 is 6.18 Å². The highest BCUT2D eigenvalue weighted by Gasteiger charge is 2.33. The molecular weight excluding hydrogens is 241 g/mol. The number of fused-ring (bicyclic) bond motifs is 1. The molecule has 1 aromatic heterocycles. The van der Waals surface area contributed by atoms with Gasteiger partial charge in [0.15, 0.2) is 0 Å². The normalized spacial score (nSPS) is 11.9. The molecule has 0 unspecified atom stereocenters. The van der Waals surface area contributed by atoms with Crippen molar-refractivity contribution in [2.45, 2.75) is 13.1 Å². The first-order chi connectivity index (χ1) is 8.30. The van der Waals surface area contributed by atoms with Gasteiger partial charge in [-0.15, -0.1) is 0 Å². The van der Waals surface area contributed by atoms with Crippen LogP contribution in [0.1, 0.15) is 11.3 Å². The van der Waals surface area contributed by atoms with Crippen molar-refractivity contribution in [3.8, 4) is 0 Å². The van der Waals surface area contributed by atoms with Crippen LogP contribution in [0.3, 0.4) is 0 Å². The van der Waals surface area contributed by atoms with Crippen molar-refractivity contribution in [3.05, 3.63) is 35.5 Å². The molecule has 1 heterocycles. The number of pyridine rings is 1. The monoisotopic (exact) mass is 254 g/mol. The van der Waals surface area contributed by atoms with Gasteiger partial charge in [0, 0.05) is 30.9 Å². The molecule has 0 aliphatic rings. The molecule has 0 atom stereocenters. The quantitative estimate of drug-likeness (QED) is 0.772. The van der Waals surface area contributed by atoms with Gasteiger partial charge in [0.1, 0.15) is 0 Å². The van der Waals surface area contributed by atoms with E-state index in [0.717, 1.165) is 11.8 Å². The van der Waals surface area contributed by atoms with Gasteiger partial charge in [0.25, 0.3) is 0 Å². The van der Waals surface area contributed by atoms with Gasteiger partial charge in [-0.2, -0.15) is 13.2 Å². The minimum absolute atomic E-state index is 0.00806. The second-order valence-electron chi connectivity index (χ2n) is 4.38. The van der Waals surface area contributed by atoms with E-state index in [1.54, 1.807) is 38.1 Å². The average molecular weight is 254 g/mol. The van der Waals surface area contributed by atoms with Crippen molar-refractivity contribution >= 4 is 16.6 Å². The molecule has 0 aliphatic heterocycles. The van der Waals surface area contributed by atoms with Crippen LogP contribution in [0.4, 0.5) is 18.9 Å². The minimum atomic E-state index is -4.39. The summed E-state index contributed by atoms with van der Waals surface area (Å²) in [5.41, 5.74) is 0.631. The van der Waals surface area contributed by atoms with E-state index in [-0.39, 0.29) is 5.52 Å². The number of nitrogens with zero attached hydrogens (tertiary/aromatic N) is 2. The van der Waals surface area contributed by atoms with Crippen molar-refractivity contribution < 1.29 is 13.2 Å². The van der Waals surface area contributed by atoms with Gasteiger partial charge in [-0.3, -0.25) is 4.98 Å². The van der Waals surface area contributed by atoms with Crippen LogP contribution < -0.4 is 4.90 Å². The van der Waals surface area contributed by atoms with Crippen LogP contribution in [-0.2, 0) is 6.18 Å². The Morgan fingerprint density at radius 3 is 2.39 bits per heavy atom. The van der Waals surface area contributed by atoms with Crippen molar-refractivity contribution in [1.29, 1.82) is 0 Å². The van der Waals surface area contributed by atoms with E-state index >= 15 is 0 Å². The molecule has 96 valence electrons. The number of aromatic nitrogens is 1. The summed E-state index contributed by atoms with van der Waals surface area (Å²) in [6.07, 6.45) is -4.39. The molecule has 0 saturated carbocycles. The van der Waals surface area contributed by atoms with Gasteiger partial charge < -0.3 is 4.90 Å². The lowest BCUT2D eigenvalue weighted by Crippen LogP contribution is -2.12. The van der Waals surface area contributed by atoms with E-state index in [9.17, 15) is 13.2 Å². The number of halogens is 3. The molecule has 0 radical (unpaired) electrons. The van der Waals surface area contributed by atoms with Crippen LogP contribution in [0.5, 0.6) is 0 Å². The van der Waals surface area contributed by atoms with E-state index in [1.165, 1.54) is 6.07 Å². The van der Waals surface area contributed by atoms with Gasteiger partial charge in [-0.25, -0.2) is 0 Å². The molecule has 0 saturated heterocycles. The molecule has 0 fully saturated rings. The Morgan fingerprint density at radius 1 is 1.17 bits per heavy atom. The number of benzene rings is 1. The Bertz CT molecular complexity index is 589. The van der Waals surface area contributed by atoms with Crippen molar-refractivity contribution in [1.82, 2.24) is 4.98 Å². The van der Waals surface area contributed by atoms with E-state index in [2.05, 4.69) is 4.98 Å². The van der Waals surface area contributed by atoms with Gasteiger partial charge in [0.2, 0.25) is 0 Å². The lowest BCUT2D eigenvalue weighted by atomic mass is 10.1. The number of para-hydroxylation sites is 1. The molecule has 2 aromatic rings. The van der Waals surface area contributed by atoms with Crippen LogP contribution in [0.15, 0.2) is 24.3 Å². The van der Waals surface area contributed by atoms with Gasteiger partial charge in [-0.1, -0.05) is 12.1 Å². The Hall–Kier alpha value is -1.78. The lowest BCUT2D eigenvalue weighted by molar-refractivity contribution is -0.136. The smallest absolute Gasteiger partial charge is 0.377 e. The van der Waals surface area contributed by atoms with Crippen LogP contribution in [0.25, 0.3) is 10.9 Å². The maximum Gasteiger partial charge on any atom is 0.418 e. The van der Waals surface area contributed by atoms with Gasteiger partial charge in [0.05, 0.1) is 11.1 Å². The maximum atomic E-state index is 12.9. The zero-order valence-corrected chi connectivity index (χ0v) is 10.3. The summed E-state index contributed by atoms with van der Waals surface area (Å²) < 4.78 is 38.8. The Labute approximate surface area is 103 Å². The fraction of sp³-hybridized carbons (Fsp3) is 0.308. The zero-order chi connectivity index (χ0) is 13.5. The molecule has 2 nitrogen and oxygen atoms in total. The van der Waals surface area contributed by atoms with Crippen molar-refractivity contribution in [2.24, 2.45) is 0 Å². The summed E-state index contributed by atoms with van der Waals surface area (Å²) >= 11 is 0. The van der Waals surface area contributed by atoms with Gasteiger partial charge in [-0.05, 0) is 19.1 Å². The first kappa shape index (κ1) is 12.7. The number of anilines is 1. The van der Waals surface area contributed by atoms with Crippen LogP contribution >= 0.6 is 0 Å². The molecule has 1 aromatic carbocycles. The summed E-state index contributed by atoms with van der Waals surface area (Å²) in [6.45, 7) is 1.69. The topological polar surface area (TPSA) is 16.1 Å². The number of alkyl halides is 3. The van der Waals surface area contributed by atoms with Crippen LogP contribution in [-0.4, -0.2) is 19.1 Å². The summed E-state index contributed by atoms with van der Waals surface area (Å²) in [4.78, 5) is 5.83. The molecule has 2 rings (SSSR count). The highest BCUT2D eigenvalue weighted by atomic mass is 19.4. The standard InChI is InChI=1S/C13H13F3N2/c1-8-7-11(18(2)3)9-5-4-6-10(12(9)17-8)13(14,15)16/h4-7H,1-3H3. The number of rotatable bonds is 1. The second kappa shape index (κ2) is 4.15. The summed E-state index contributed by atoms with van der Waals surface area (Å²) in [6, 6.07) is 5.91. The number of hydrogen-bond donors (Lipinski definition) is 0. The fourth-order valence-electron chi connectivity index (χ4n) is 1.95. The molecule has 0 N–H and O–H groups in total. The predicted molar refractivity (Wildman–Crippen MR) is 65.8 cm³/mol. The second-order valence-corrected chi connectivity index (χ2v) is 4.38. The molecule has 0 bridgehead atoms. The molecule has 18 heavy (non-hydrogen) atoms. The SMILES string of the molecule is Cc1cc(N(C)C)c2cccc(C(F)(F)F)c2n1. The lowest BCUT2D eigenvalue weighted by Gasteiger charge is -2.18. The summed E-state index contributed by atoms with van der Waals surface area (Å²) in [5.74, 6) is 0. The van der Waals surface area contributed by atoms with E-state index in [0.29, 0.717) is 11.1 Å². The number of hydrogen-bond acceptors (Lipinski definition) is 2. The largest absolute Gasteiger partial charge is 0.418 e. The number of aryl methyl sites for hydroxylation is 1. The summed E-state index contributed by atoms with van der Waals surface area (Å²) in [5, 5.41) is 0.514. The molecular formula is C13H13F3N2. The maximum absolute atomic E-state index is 12.9. The molecule has 5 heteroatoms. The third-order valence-electron chi connectivity index (χ3n) is 2.73. The molecule has 0 spiro atoms. The molecule has 0 aliphatic carbocycles. The van der Waals surface area contributed by atoms with Crippen molar-refractivity contribution in [3.63, 3.8) is 0 Å². The van der Waals surface area contributed by atoms with Crippen LogP contribution in [0.2, 0.25) is 0 Å². The predicted octanol–water partition coefficient (Wildman–Crippen LogP) is 3.63. The zero-order valence-electron chi connectivity index (χ0n) is 10.3. The Kier molecular flexibility index (Phi) is 2.92. The average Bonchev–Trinajstić information content (AvgIpc) is 2.25. The van der Waals surface area contributed by atoms with E-state index in [4.69, 9.17) is 0 Å². The Balaban J connectivity index is 2.86. The first-order valence-electron chi connectivity index (χ1n) is 5.45. The first-order valence-corrected chi connectivity index (χ1v) is 5.45. The van der Waals surface area contributed by atoms with Crippen LogP contribution in [0, 0.1) is 6.92 Å². The fourth-order valence-corrected chi connectivity index (χ4v) is 1.95. The third-order valence-corrected chi connectivity index (χ3v) is 2.73.